The number of nitro benzene ring substituents is 1. The third-order valence-corrected chi connectivity index (χ3v) is 5.46. The van der Waals surface area contributed by atoms with Gasteiger partial charge in [0.1, 0.15) is 11.5 Å². The Morgan fingerprint density at radius 2 is 1.57 bits per heavy atom. The minimum absolute atomic E-state index is 0.0727. The quantitative estimate of drug-likeness (QED) is 0.116. The van der Waals surface area contributed by atoms with Crippen LogP contribution in [0, 0.1) is 10.1 Å². The van der Waals surface area contributed by atoms with Crippen LogP contribution in [-0.4, -0.2) is 28.7 Å². The van der Waals surface area contributed by atoms with Crippen molar-refractivity contribution >= 4 is 40.7 Å². The van der Waals surface area contributed by atoms with Crippen LogP contribution < -0.4 is 10.6 Å². The molecule has 0 saturated heterocycles. The van der Waals surface area contributed by atoms with Gasteiger partial charge in [0, 0.05) is 40.6 Å². The number of nitrogens with one attached hydrogen (secondary N) is 2. The summed E-state index contributed by atoms with van der Waals surface area (Å²) >= 11 is 0. The van der Waals surface area contributed by atoms with E-state index >= 15 is 0 Å². The number of carbonyl (C=O) groups is 3. The maximum Gasteiger partial charge on any atom is 0.471 e. The van der Waals surface area contributed by atoms with E-state index in [2.05, 4.69) is 5.32 Å². The summed E-state index contributed by atoms with van der Waals surface area (Å²) in [4.78, 5) is 47.3. The van der Waals surface area contributed by atoms with E-state index in [1.807, 2.05) is 0 Å². The molecule has 0 aliphatic rings. The Hall–Kier alpha value is -5.52. The number of ketones is 1. The second kappa shape index (κ2) is 11.5. The minimum Gasteiger partial charge on any atom is -0.457 e. The number of halogens is 3. The van der Waals surface area contributed by atoms with E-state index in [9.17, 15) is 37.7 Å². The average Bonchev–Trinajstić information content (AvgIpc) is 3.41. The zero-order chi connectivity index (χ0) is 28.9. The van der Waals surface area contributed by atoms with Crippen LogP contribution in [0.3, 0.4) is 0 Å². The number of amides is 2. The molecule has 3 aromatic carbocycles. The summed E-state index contributed by atoms with van der Waals surface area (Å²) in [6.45, 7) is 0. The van der Waals surface area contributed by atoms with Gasteiger partial charge in [-0.15, -0.1) is 0 Å². The number of benzene rings is 3. The van der Waals surface area contributed by atoms with Crippen LogP contribution in [-0.2, 0) is 9.59 Å². The lowest BCUT2D eigenvalue weighted by atomic mass is 10.0. The van der Waals surface area contributed by atoms with Gasteiger partial charge in [0.25, 0.3) is 5.69 Å². The number of hydrogen-bond donors (Lipinski definition) is 2. The molecule has 4 rings (SSSR count). The highest BCUT2D eigenvalue weighted by Gasteiger charge is 2.39. The molecule has 202 valence electrons. The predicted octanol–water partition coefficient (Wildman–Crippen LogP) is 6.24. The fraction of sp³-hybridized carbons (Fsp3) is 0.0357. The largest absolute Gasteiger partial charge is 0.471 e. The number of anilines is 2. The Kier molecular flexibility index (Phi) is 7.89. The summed E-state index contributed by atoms with van der Waals surface area (Å²) in [6, 6.07) is 20.1. The summed E-state index contributed by atoms with van der Waals surface area (Å²) in [5.41, 5.74) is 0.128. The Morgan fingerprint density at radius 3 is 2.23 bits per heavy atom. The number of furan rings is 1. The van der Waals surface area contributed by atoms with Crippen LogP contribution in [0.4, 0.5) is 30.2 Å². The first-order chi connectivity index (χ1) is 19.0. The lowest BCUT2D eigenvalue weighted by molar-refractivity contribution is -0.384. The molecule has 0 aliphatic heterocycles. The van der Waals surface area contributed by atoms with Gasteiger partial charge in [-0.05, 0) is 48.5 Å². The summed E-state index contributed by atoms with van der Waals surface area (Å²) in [6.07, 6.45) is -2.68. The van der Waals surface area contributed by atoms with Gasteiger partial charge in [-0.2, -0.15) is 13.2 Å². The number of nitrogens with zero attached hydrogens (tertiary/aromatic N) is 1. The molecule has 1 heterocycles. The highest BCUT2D eigenvalue weighted by molar-refractivity contribution is 6.15. The molecule has 0 bridgehead atoms. The first-order valence-electron chi connectivity index (χ1n) is 11.5. The van der Waals surface area contributed by atoms with Crippen LogP contribution in [0.25, 0.3) is 17.4 Å². The molecule has 0 unspecified atom stereocenters. The maximum absolute atomic E-state index is 13.0. The average molecular weight is 549 g/mol. The first-order valence-corrected chi connectivity index (χ1v) is 11.5. The molecule has 0 atom stereocenters. The highest BCUT2D eigenvalue weighted by atomic mass is 19.4. The lowest BCUT2D eigenvalue weighted by Gasteiger charge is -2.14. The summed E-state index contributed by atoms with van der Waals surface area (Å²) in [7, 11) is 0. The molecule has 0 aliphatic carbocycles. The number of carbonyl (C=O) groups excluding carboxylic acids is 3. The van der Waals surface area contributed by atoms with E-state index in [0.717, 1.165) is 18.2 Å². The molecule has 0 spiro atoms. The molecule has 40 heavy (non-hydrogen) atoms. The van der Waals surface area contributed by atoms with Gasteiger partial charge in [-0.1, -0.05) is 30.3 Å². The second-order valence-electron chi connectivity index (χ2n) is 8.24. The van der Waals surface area contributed by atoms with E-state index in [1.165, 1.54) is 48.5 Å². The van der Waals surface area contributed by atoms with E-state index in [1.54, 1.807) is 35.6 Å². The second-order valence-corrected chi connectivity index (χ2v) is 8.24. The summed E-state index contributed by atoms with van der Waals surface area (Å²) < 4.78 is 44.1. The molecule has 2 amide bonds. The Balaban J connectivity index is 1.51. The van der Waals surface area contributed by atoms with Crippen molar-refractivity contribution in [3.63, 3.8) is 0 Å². The number of rotatable bonds is 8. The zero-order valence-electron chi connectivity index (χ0n) is 20.3. The van der Waals surface area contributed by atoms with Crippen LogP contribution in [0.5, 0.6) is 0 Å². The van der Waals surface area contributed by atoms with E-state index in [-0.39, 0.29) is 28.2 Å². The van der Waals surface area contributed by atoms with Gasteiger partial charge in [0.15, 0.2) is 5.78 Å². The van der Waals surface area contributed by atoms with E-state index in [4.69, 9.17) is 4.42 Å². The van der Waals surface area contributed by atoms with Crippen molar-refractivity contribution < 1.29 is 36.9 Å². The zero-order valence-corrected chi connectivity index (χ0v) is 20.3. The standard InChI is InChI=1S/C28H18F3N3O6/c29-28(30,31)27(37)33-23-13-8-19(16-22(23)26(36)18-4-2-1-3-5-18)32-25(35)15-12-21-11-14-24(40-21)17-6-9-20(10-7-17)34(38)39/h1-16H,(H,32,35)(H,33,37). The summed E-state index contributed by atoms with van der Waals surface area (Å²) in [5.74, 6) is -2.84. The van der Waals surface area contributed by atoms with Crippen molar-refractivity contribution in [2.75, 3.05) is 10.6 Å². The number of nitro groups is 1. The molecule has 0 fully saturated rings. The van der Waals surface area contributed by atoms with E-state index in [0.29, 0.717) is 17.1 Å². The van der Waals surface area contributed by atoms with Gasteiger partial charge in [-0.25, -0.2) is 0 Å². The van der Waals surface area contributed by atoms with Crippen LogP contribution >= 0.6 is 0 Å². The van der Waals surface area contributed by atoms with Gasteiger partial charge >= 0.3 is 12.1 Å². The minimum atomic E-state index is -5.17. The molecule has 1 aromatic heterocycles. The molecular formula is C28H18F3N3O6. The Morgan fingerprint density at radius 1 is 0.875 bits per heavy atom. The topological polar surface area (TPSA) is 132 Å². The van der Waals surface area contributed by atoms with Crippen molar-refractivity contribution in [1.82, 2.24) is 0 Å². The molecule has 0 radical (unpaired) electrons. The fourth-order valence-corrected chi connectivity index (χ4v) is 3.54. The Bertz CT molecular complexity index is 1610. The third kappa shape index (κ3) is 6.67. The lowest BCUT2D eigenvalue weighted by Crippen LogP contribution is -2.30. The number of alkyl halides is 3. The van der Waals surface area contributed by atoms with Crippen molar-refractivity contribution in [3.05, 3.63) is 118 Å². The van der Waals surface area contributed by atoms with Crippen LogP contribution in [0.15, 0.2) is 95.4 Å². The molecule has 9 nitrogen and oxygen atoms in total. The fourth-order valence-electron chi connectivity index (χ4n) is 3.54. The van der Waals surface area contributed by atoms with Crippen molar-refractivity contribution in [3.8, 4) is 11.3 Å². The van der Waals surface area contributed by atoms with Crippen LogP contribution in [0.2, 0.25) is 0 Å². The molecular weight excluding hydrogens is 531 g/mol. The van der Waals surface area contributed by atoms with Crippen molar-refractivity contribution in [1.29, 1.82) is 0 Å². The van der Waals surface area contributed by atoms with Gasteiger partial charge in [-0.3, -0.25) is 24.5 Å². The van der Waals surface area contributed by atoms with Crippen molar-refractivity contribution in [2.45, 2.75) is 6.18 Å². The third-order valence-electron chi connectivity index (χ3n) is 5.46. The number of hydrogen-bond acceptors (Lipinski definition) is 6. The monoisotopic (exact) mass is 549 g/mol. The maximum atomic E-state index is 13.0. The van der Waals surface area contributed by atoms with Crippen LogP contribution in [0.1, 0.15) is 21.7 Å². The Labute approximate surface area is 224 Å². The SMILES string of the molecule is O=C(C=Cc1ccc(-c2ccc([N+](=O)[O-])cc2)o1)Nc1ccc(NC(=O)C(F)(F)F)c(C(=O)c2ccccc2)c1. The van der Waals surface area contributed by atoms with Gasteiger partial charge < -0.3 is 15.1 Å². The summed E-state index contributed by atoms with van der Waals surface area (Å²) in [5, 5.41) is 15.0. The molecule has 2 N–H and O–H groups in total. The first kappa shape index (κ1) is 27.5. The van der Waals surface area contributed by atoms with Crippen molar-refractivity contribution in [2.24, 2.45) is 0 Å². The smallest absolute Gasteiger partial charge is 0.457 e. The molecule has 4 aromatic rings. The molecule has 12 heteroatoms. The predicted molar refractivity (Wildman–Crippen MR) is 139 cm³/mol. The van der Waals surface area contributed by atoms with Gasteiger partial charge in [0.05, 0.1) is 10.6 Å². The number of non-ortho nitro benzene ring substituents is 1. The highest BCUT2D eigenvalue weighted by Crippen LogP contribution is 2.27. The van der Waals surface area contributed by atoms with Gasteiger partial charge in [0.2, 0.25) is 5.91 Å². The molecule has 0 saturated carbocycles. The van der Waals surface area contributed by atoms with E-state index < -0.39 is 28.7 Å². The normalized spacial score (nSPS) is 11.3.